The van der Waals surface area contributed by atoms with Crippen molar-refractivity contribution in [1.82, 2.24) is 0 Å². The van der Waals surface area contributed by atoms with Gasteiger partial charge in [-0.15, -0.1) is 0 Å². The fraction of sp³-hybridized carbons (Fsp3) is 0.250. The van der Waals surface area contributed by atoms with Crippen molar-refractivity contribution in [3.63, 3.8) is 0 Å². The number of halogens is 2. The van der Waals surface area contributed by atoms with E-state index in [0.29, 0.717) is 16.5 Å². The first kappa shape index (κ1) is 13.9. The second-order valence-electron chi connectivity index (χ2n) is 5.45. The Labute approximate surface area is 118 Å². The number of hydrogen-bond donors (Lipinski definition) is 0. The molecule has 2 aromatic rings. The van der Waals surface area contributed by atoms with E-state index in [1.54, 1.807) is 18.2 Å². The number of rotatable bonds is 2. The highest BCUT2D eigenvalue weighted by Gasteiger charge is 2.17. The number of hydrogen-bond acceptors (Lipinski definition) is 1. The van der Waals surface area contributed by atoms with Crippen LogP contribution < -0.4 is 4.74 Å². The summed E-state index contributed by atoms with van der Waals surface area (Å²) in [7, 11) is 0. The monoisotopic (exact) mass is 278 g/mol. The maximum absolute atomic E-state index is 12.8. The lowest BCUT2D eigenvalue weighted by Crippen LogP contribution is -2.11. The molecule has 0 unspecified atom stereocenters. The van der Waals surface area contributed by atoms with Crippen molar-refractivity contribution < 1.29 is 9.13 Å². The van der Waals surface area contributed by atoms with E-state index in [9.17, 15) is 4.39 Å². The molecule has 1 nitrogen and oxygen atoms in total. The number of benzene rings is 2. The highest BCUT2D eigenvalue weighted by Crippen LogP contribution is 2.33. The van der Waals surface area contributed by atoms with Crippen molar-refractivity contribution in [2.45, 2.75) is 26.2 Å². The third-order valence-electron chi connectivity index (χ3n) is 2.80. The largest absolute Gasteiger partial charge is 0.457 e. The summed E-state index contributed by atoms with van der Waals surface area (Å²) in [6.45, 7) is 6.32. The Morgan fingerprint density at radius 2 is 1.53 bits per heavy atom. The van der Waals surface area contributed by atoms with Gasteiger partial charge in [-0.25, -0.2) is 4.39 Å². The van der Waals surface area contributed by atoms with Crippen molar-refractivity contribution in [1.29, 1.82) is 0 Å². The normalized spacial score (nSPS) is 11.4. The Morgan fingerprint density at radius 1 is 0.947 bits per heavy atom. The van der Waals surface area contributed by atoms with E-state index in [1.165, 1.54) is 12.1 Å². The summed E-state index contributed by atoms with van der Waals surface area (Å²) < 4.78 is 18.4. The van der Waals surface area contributed by atoms with Gasteiger partial charge in [0.1, 0.15) is 17.3 Å². The van der Waals surface area contributed by atoms with Gasteiger partial charge in [-0.1, -0.05) is 38.4 Å². The van der Waals surface area contributed by atoms with Crippen LogP contribution in [0.2, 0.25) is 5.02 Å². The molecule has 0 saturated heterocycles. The van der Waals surface area contributed by atoms with Crippen LogP contribution in [0, 0.1) is 5.82 Å². The first-order valence-electron chi connectivity index (χ1n) is 6.10. The Morgan fingerprint density at radius 3 is 2.05 bits per heavy atom. The Balaban J connectivity index is 2.23. The molecule has 0 aliphatic carbocycles. The van der Waals surface area contributed by atoms with Crippen LogP contribution in [0.1, 0.15) is 26.3 Å². The predicted molar refractivity (Wildman–Crippen MR) is 76.6 cm³/mol. The van der Waals surface area contributed by atoms with Gasteiger partial charge in [0, 0.05) is 5.02 Å². The summed E-state index contributed by atoms with van der Waals surface area (Å²) >= 11 is 6.27. The molecule has 3 heteroatoms. The van der Waals surface area contributed by atoms with Crippen LogP contribution in [0.15, 0.2) is 42.5 Å². The predicted octanol–water partition coefficient (Wildman–Crippen LogP) is 5.57. The van der Waals surface area contributed by atoms with Gasteiger partial charge in [0.2, 0.25) is 0 Å². The molecule has 0 atom stereocenters. The fourth-order valence-corrected chi connectivity index (χ4v) is 2.26. The van der Waals surface area contributed by atoms with Gasteiger partial charge in [-0.2, -0.15) is 0 Å². The van der Waals surface area contributed by atoms with E-state index in [0.717, 1.165) is 5.56 Å². The van der Waals surface area contributed by atoms with Gasteiger partial charge in [0.15, 0.2) is 0 Å². The molecule has 0 amide bonds. The van der Waals surface area contributed by atoms with Gasteiger partial charge < -0.3 is 4.74 Å². The van der Waals surface area contributed by atoms with E-state index < -0.39 is 0 Å². The molecule has 0 aliphatic heterocycles. The van der Waals surface area contributed by atoms with Gasteiger partial charge >= 0.3 is 0 Å². The molecule has 2 aromatic carbocycles. The molecule has 0 N–H and O–H groups in total. The second kappa shape index (κ2) is 5.22. The summed E-state index contributed by atoms with van der Waals surface area (Å²) in [5.74, 6) is 0.944. The molecule has 0 heterocycles. The van der Waals surface area contributed by atoms with Crippen molar-refractivity contribution in [3.05, 3.63) is 58.9 Å². The Bertz CT molecular complexity index is 570. The zero-order valence-corrected chi connectivity index (χ0v) is 12.0. The average molecular weight is 279 g/mol. The van der Waals surface area contributed by atoms with Crippen molar-refractivity contribution in [3.8, 4) is 11.5 Å². The summed E-state index contributed by atoms with van der Waals surface area (Å²) in [6, 6.07) is 11.5. The van der Waals surface area contributed by atoms with E-state index in [1.807, 2.05) is 12.1 Å². The Hall–Kier alpha value is -1.54. The highest BCUT2D eigenvalue weighted by atomic mass is 35.5. The minimum Gasteiger partial charge on any atom is -0.457 e. The van der Waals surface area contributed by atoms with Crippen molar-refractivity contribution in [2.24, 2.45) is 0 Å². The number of ether oxygens (including phenoxy) is 1. The third kappa shape index (κ3) is 3.48. The fourth-order valence-electron chi connectivity index (χ4n) is 1.81. The molecule has 0 radical (unpaired) electrons. The lowest BCUT2D eigenvalue weighted by atomic mass is 9.87. The highest BCUT2D eigenvalue weighted by molar-refractivity contribution is 6.31. The topological polar surface area (TPSA) is 9.23 Å². The average Bonchev–Trinajstić information content (AvgIpc) is 2.30. The molecule has 0 spiro atoms. The van der Waals surface area contributed by atoms with Crippen LogP contribution in [0.25, 0.3) is 0 Å². The van der Waals surface area contributed by atoms with Crippen LogP contribution >= 0.6 is 11.6 Å². The molecule has 0 bridgehead atoms. The zero-order chi connectivity index (χ0) is 14.0. The standard InChI is InChI=1S/C16H16ClFO/c1-16(2,3)14-9-8-13(10-15(14)17)19-12-6-4-11(18)5-7-12/h4-10H,1-3H3. The maximum atomic E-state index is 12.8. The van der Waals surface area contributed by atoms with Gasteiger partial charge in [-0.3, -0.25) is 0 Å². The molecule has 0 aliphatic rings. The lowest BCUT2D eigenvalue weighted by molar-refractivity contribution is 0.479. The SMILES string of the molecule is CC(C)(C)c1ccc(Oc2ccc(F)cc2)cc1Cl. The van der Waals surface area contributed by atoms with Crippen LogP contribution in [-0.4, -0.2) is 0 Å². The molecule has 0 saturated carbocycles. The quantitative estimate of drug-likeness (QED) is 0.698. The second-order valence-corrected chi connectivity index (χ2v) is 5.85. The lowest BCUT2D eigenvalue weighted by Gasteiger charge is -2.21. The van der Waals surface area contributed by atoms with E-state index in [2.05, 4.69) is 20.8 Å². The first-order chi connectivity index (χ1) is 8.86. The molecule has 0 aromatic heterocycles. The zero-order valence-electron chi connectivity index (χ0n) is 11.2. The van der Waals surface area contributed by atoms with Crippen molar-refractivity contribution >= 4 is 11.6 Å². The molecular formula is C16H16ClFO. The van der Waals surface area contributed by atoms with Gasteiger partial charge in [0.25, 0.3) is 0 Å². The maximum Gasteiger partial charge on any atom is 0.128 e. The molecule has 100 valence electrons. The van der Waals surface area contributed by atoms with Gasteiger partial charge in [0.05, 0.1) is 0 Å². The van der Waals surface area contributed by atoms with Gasteiger partial charge in [-0.05, 0) is 47.4 Å². The summed E-state index contributed by atoms with van der Waals surface area (Å²) in [6.07, 6.45) is 0. The van der Waals surface area contributed by atoms with Crippen molar-refractivity contribution in [2.75, 3.05) is 0 Å². The van der Waals surface area contributed by atoms with Crippen LogP contribution in [0.5, 0.6) is 11.5 Å². The van der Waals surface area contributed by atoms with E-state index >= 15 is 0 Å². The third-order valence-corrected chi connectivity index (χ3v) is 3.11. The minimum atomic E-state index is -0.284. The Kier molecular flexibility index (Phi) is 3.81. The van der Waals surface area contributed by atoms with Crippen LogP contribution in [0.3, 0.4) is 0 Å². The molecule has 19 heavy (non-hydrogen) atoms. The minimum absolute atomic E-state index is 0.00844. The molecular weight excluding hydrogens is 263 g/mol. The summed E-state index contributed by atoms with van der Waals surface area (Å²) in [5, 5.41) is 0.673. The van der Waals surface area contributed by atoms with Crippen LogP contribution in [-0.2, 0) is 5.41 Å². The molecule has 2 rings (SSSR count). The summed E-state index contributed by atoms with van der Waals surface area (Å²) in [5.41, 5.74) is 1.06. The van der Waals surface area contributed by atoms with E-state index in [4.69, 9.17) is 16.3 Å². The van der Waals surface area contributed by atoms with Crippen LogP contribution in [0.4, 0.5) is 4.39 Å². The summed E-state index contributed by atoms with van der Waals surface area (Å²) in [4.78, 5) is 0. The molecule has 0 fully saturated rings. The first-order valence-corrected chi connectivity index (χ1v) is 6.47. The smallest absolute Gasteiger partial charge is 0.128 e. The van der Waals surface area contributed by atoms with E-state index in [-0.39, 0.29) is 11.2 Å².